The van der Waals surface area contributed by atoms with Gasteiger partial charge in [0.25, 0.3) is 0 Å². The van der Waals surface area contributed by atoms with Crippen molar-refractivity contribution in [2.45, 2.75) is 39.7 Å². The van der Waals surface area contributed by atoms with E-state index in [1.807, 2.05) is 37.3 Å². The van der Waals surface area contributed by atoms with Crippen LogP contribution >= 0.6 is 0 Å². The highest BCUT2D eigenvalue weighted by atomic mass is 16.6. The Hall–Kier alpha value is -3.87. The normalized spacial score (nSPS) is 11.5. The zero-order chi connectivity index (χ0) is 23.6. The van der Waals surface area contributed by atoms with Crippen LogP contribution in [0.25, 0.3) is 22.4 Å². The third-order valence-electron chi connectivity index (χ3n) is 4.85. The average molecular weight is 447 g/mol. The third-order valence-corrected chi connectivity index (χ3v) is 4.85. The van der Waals surface area contributed by atoms with Gasteiger partial charge in [0.1, 0.15) is 28.3 Å². The van der Waals surface area contributed by atoms with Gasteiger partial charge in [0.05, 0.1) is 12.3 Å². The lowest BCUT2D eigenvalue weighted by Gasteiger charge is -2.19. The number of aromatic nitrogens is 1. The van der Waals surface area contributed by atoms with Crippen molar-refractivity contribution in [3.05, 3.63) is 82.0 Å². The maximum absolute atomic E-state index is 12.3. The van der Waals surface area contributed by atoms with Crippen molar-refractivity contribution in [2.24, 2.45) is 0 Å². The monoisotopic (exact) mass is 447 g/mol. The van der Waals surface area contributed by atoms with Gasteiger partial charge >= 0.3 is 11.6 Å². The van der Waals surface area contributed by atoms with Crippen LogP contribution in [0.15, 0.2) is 68.2 Å². The molecule has 7 nitrogen and oxygen atoms in total. The predicted molar refractivity (Wildman–Crippen MR) is 124 cm³/mol. The number of aryl methyl sites for hydroxylation is 1. The largest absolute Gasteiger partial charge is 0.493 e. The summed E-state index contributed by atoms with van der Waals surface area (Å²) >= 11 is 0. The Morgan fingerprint density at radius 2 is 1.79 bits per heavy atom. The van der Waals surface area contributed by atoms with Crippen LogP contribution in [0.1, 0.15) is 42.6 Å². The smallest absolute Gasteiger partial charge is 0.351 e. The molecule has 0 aliphatic heterocycles. The van der Waals surface area contributed by atoms with Gasteiger partial charge < -0.3 is 18.3 Å². The molecule has 4 aromatic rings. The Morgan fingerprint density at radius 1 is 1.03 bits per heavy atom. The number of carbonyl (C=O) groups is 1. The molecule has 0 saturated heterocycles. The molecular weight excluding hydrogens is 422 g/mol. The molecule has 2 heterocycles. The minimum atomic E-state index is -0.749. The highest BCUT2D eigenvalue weighted by molar-refractivity contribution is 5.93. The molecule has 0 radical (unpaired) electrons. The molecular formula is C26H25NO6. The standard InChI is InChI=1S/C26H25NO6/c1-16-21(27-23(31-16)17-8-6-5-7-9-17)12-13-30-19-11-10-18-14-20(24(28)32-22(18)15-19)25(29)33-26(2,3)4/h5-11,14-15H,12-13H2,1-4H3. The van der Waals surface area contributed by atoms with E-state index in [1.54, 1.807) is 39.0 Å². The summed E-state index contributed by atoms with van der Waals surface area (Å²) in [5, 5.41) is 0.600. The predicted octanol–water partition coefficient (Wildman–Crippen LogP) is 5.33. The molecule has 0 unspecified atom stereocenters. The molecule has 33 heavy (non-hydrogen) atoms. The van der Waals surface area contributed by atoms with Crippen LogP contribution in [0.5, 0.6) is 5.75 Å². The fourth-order valence-electron chi connectivity index (χ4n) is 3.29. The highest BCUT2D eigenvalue weighted by Gasteiger charge is 2.22. The van der Waals surface area contributed by atoms with E-state index in [1.165, 1.54) is 6.07 Å². The molecule has 0 aliphatic carbocycles. The van der Waals surface area contributed by atoms with E-state index in [0.717, 1.165) is 17.0 Å². The van der Waals surface area contributed by atoms with E-state index in [4.69, 9.17) is 18.3 Å². The van der Waals surface area contributed by atoms with Crippen molar-refractivity contribution in [2.75, 3.05) is 6.61 Å². The van der Waals surface area contributed by atoms with Crippen molar-refractivity contribution in [1.29, 1.82) is 0 Å². The summed E-state index contributed by atoms with van der Waals surface area (Å²) in [6.07, 6.45) is 0.557. The van der Waals surface area contributed by atoms with Gasteiger partial charge in [-0.3, -0.25) is 0 Å². The van der Waals surface area contributed by atoms with Crippen LogP contribution in [-0.2, 0) is 11.2 Å². The summed E-state index contributed by atoms with van der Waals surface area (Å²) in [7, 11) is 0. The number of oxazole rings is 1. The molecule has 2 aromatic heterocycles. The zero-order valence-corrected chi connectivity index (χ0v) is 19.0. The second-order valence-corrected chi connectivity index (χ2v) is 8.64. The molecule has 170 valence electrons. The van der Waals surface area contributed by atoms with Crippen LogP contribution in [0.2, 0.25) is 0 Å². The summed E-state index contributed by atoms with van der Waals surface area (Å²) in [5.74, 6) is 1.16. The van der Waals surface area contributed by atoms with Gasteiger partial charge in [-0.15, -0.1) is 0 Å². The Kier molecular flexibility index (Phi) is 6.05. The molecule has 0 bridgehead atoms. The number of benzene rings is 2. The number of ether oxygens (including phenoxy) is 2. The molecule has 0 amide bonds. The molecule has 0 N–H and O–H groups in total. The summed E-state index contributed by atoms with van der Waals surface area (Å²) in [4.78, 5) is 29.1. The molecule has 0 aliphatic rings. The van der Waals surface area contributed by atoms with E-state index < -0.39 is 17.2 Å². The number of hydrogen-bond acceptors (Lipinski definition) is 7. The lowest BCUT2D eigenvalue weighted by Crippen LogP contribution is -2.27. The van der Waals surface area contributed by atoms with Crippen molar-refractivity contribution < 1.29 is 23.1 Å². The molecule has 7 heteroatoms. The van der Waals surface area contributed by atoms with Crippen LogP contribution in [0, 0.1) is 6.92 Å². The van der Waals surface area contributed by atoms with Crippen LogP contribution < -0.4 is 10.4 Å². The van der Waals surface area contributed by atoms with E-state index in [2.05, 4.69) is 4.98 Å². The lowest BCUT2D eigenvalue weighted by atomic mass is 10.1. The summed E-state index contributed by atoms with van der Waals surface area (Å²) in [6.45, 7) is 7.45. The summed E-state index contributed by atoms with van der Waals surface area (Å²) < 4.78 is 22.2. The number of fused-ring (bicyclic) bond motifs is 1. The minimum absolute atomic E-state index is 0.137. The lowest BCUT2D eigenvalue weighted by molar-refractivity contribution is 0.00654. The van der Waals surface area contributed by atoms with E-state index >= 15 is 0 Å². The number of hydrogen-bond donors (Lipinski definition) is 0. The van der Waals surface area contributed by atoms with Crippen LogP contribution in [-0.4, -0.2) is 23.2 Å². The van der Waals surface area contributed by atoms with Gasteiger partial charge in [-0.05, 0) is 58.0 Å². The van der Waals surface area contributed by atoms with Gasteiger partial charge in [0.2, 0.25) is 5.89 Å². The molecule has 2 aromatic carbocycles. The number of nitrogens with zero attached hydrogens (tertiary/aromatic N) is 1. The second kappa shape index (κ2) is 8.94. The summed E-state index contributed by atoms with van der Waals surface area (Å²) in [5.41, 5.74) is 0.475. The number of rotatable bonds is 6. The van der Waals surface area contributed by atoms with Gasteiger partial charge in [-0.2, -0.15) is 0 Å². The van der Waals surface area contributed by atoms with Crippen LogP contribution in [0.3, 0.4) is 0 Å². The Bertz CT molecular complexity index is 1340. The number of esters is 1. The van der Waals surface area contributed by atoms with Crippen molar-refractivity contribution in [3.63, 3.8) is 0 Å². The Labute approximate surface area is 191 Å². The maximum atomic E-state index is 12.3. The topological polar surface area (TPSA) is 91.8 Å². The van der Waals surface area contributed by atoms with Gasteiger partial charge in [0.15, 0.2) is 0 Å². The second-order valence-electron chi connectivity index (χ2n) is 8.64. The molecule has 0 spiro atoms. The SMILES string of the molecule is Cc1oc(-c2ccccc2)nc1CCOc1ccc2cc(C(=O)OC(C)(C)C)c(=O)oc2c1. The van der Waals surface area contributed by atoms with Gasteiger partial charge in [0, 0.05) is 23.4 Å². The highest BCUT2D eigenvalue weighted by Crippen LogP contribution is 2.24. The maximum Gasteiger partial charge on any atom is 0.351 e. The minimum Gasteiger partial charge on any atom is -0.493 e. The van der Waals surface area contributed by atoms with Crippen LogP contribution in [0.4, 0.5) is 0 Å². The third kappa shape index (κ3) is 5.31. The molecule has 0 fully saturated rings. The Morgan fingerprint density at radius 3 is 2.52 bits per heavy atom. The van der Waals surface area contributed by atoms with E-state index in [0.29, 0.717) is 35.6 Å². The van der Waals surface area contributed by atoms with Gasteiger partial charge in [-0.25, -0.2) is 14.6 Å². The van der Waals surface area contributed by atoms with Crippen molar-refractivity contribution in [1.82, 2.24) is 4.98 Å². The van der Waals surface area contributed by atoms with Gasteiger partial charge in [-0.1, -0.05) is 18.2 Å². The van der Waals surface area contributed by atoms with E-state index in [9.17, 15) is 9.59 Å². The summed E-state index contributed by atoms with van der Waals surface area (Å²) in [6, 6.07) is 16.3. The zero-order valence-electron chi connectivity index (χ0n) is 19.0. The average Bonchev–Trinajstić information content (AvgIpc) is 3.13. The first-order chi connectivity index (χ1) is 15.7. The fraction of sp³-hybridized carbons (Fsp3) is 0.269. The van der Waals surface area contributed by atoms with Crippen molar-refractivity contribution in [3.8, 4) is 17.2 Å². The first-order valence-electron chi connectivity index (χ1n) is 10.7. The first-order valence-corrected chi connectivity index (χ1v) is 10.7. The number of carbonyl (C=O) groups excluding carboxylic acids is 1. The van der Waals surface area contributed by atoms with Crippen molar-refractivity contribution >= 4 is 16.9 Å². The Balaban J connectivity index is 1.45. The first kappa shape index (κ1) is 22.3. The molecule has 0 atom stereocenters. The molecule has 0 saturated carbocycles. The fourth-order valence-corrected chi connectivity index (χ4v) is 3.29. The molecule has 4 rings (SSSR count). The quantitative estimate of drug-likeness (QED) is 0.291. The van der Waals surface area contributed by atoms with E-state index in [-0.39, 0.29) is 5.56 Å².